The fourth-order valence-electron chi connectivity index (χ4n) is 3.43. The fourth-order valence-corrected chi connectivity index (χ4v) is 4.33. The van der Waals surface area contributed by atoms with Gasteiger partial charge in [0.25, 0.3) is 0 Å². The van der Waals surface area contributed by atoms with Crippen molar-refractivity contribution in [3.63, 3.8) is 0 Å². The van der Waals surface area contributed by atoms with Gasteiger partial charge in [0, 0.05) is 11.4 Å². The molecular weight excluding hydrogens is 402 g/mol. The van der Waals surface area contributed by atoms with Crippen molar-refractivity contribution in [2.24, 2.45) is 0 Å². The minimum Gasteiger partial charge on any atom is -0.496 e. The van der Waals surface area contributed by atoms with Crippen LogP contribution >= 0.6 is 11.8 Å². The number of para-hydroxylation sites is 2. The lowest BCUT2D eigenvalue weighted by Gasteiger charge is -2.19. The summed E-state index contributed by atoms with van der Waals surface area (Å²) in [6.07, 6.45) is 0. The lowest BCUT2D eigenvalue weighted by Crippen LogP contribution is -2.10. The molecule has 4 nitrogen and oxygen atoms in total. The molecule has 1 heterocycles. The third-order valence-electron chi connectivity index (χ3n) is 5.18. The van der Waals surface area contributed by atoms with Crippen LogP contribution < -0.4 is 4.74 Å². The minimum atomic E-state index is 0.156. The highest BCUT2D eigenvalue weighted by atomic mass is 32.2. The summed E-state index contributed by atoms with van der Waals surface area (Å²) in [5.74, 6) is 2.37. The average Bonchev–Trinajstić information content (AvgIpc) is 3.21. The maximum Gasteiger partial charge on any atom is 0.196 e. The SMILES string of the molecule is COc1ccccc1-c1nnc(SCc2ccc(C(C)(C)C)cc2)n1-c1ccccc1. The summed E-state index contributed by atoms with van der Waals surface area (Å²) in [6, 6.07) is 27.0. The zero-order valence-electron chi connectivity index (χ0n) is 18.4. The van der Waals surface area contributed by atoms with Crippen molar-refractivity contribution >= 4 is 11.8 Å². The maximum absolute atomic E-state index is 5.58. The minimum absolute atomic E-state index is 0.156. The number of methoxy groups -OCH3 is 1. The molecule has 0 spiro atoms. The van der Waals surface area contributed by atoms with Crippen LogP contribution in [0.3, 0.4) is 0 Å². The summed E-state index contributed by atoms with van der Waals surface area (Å²) in [5, 5.41) is 9.93. The van der Waals surface area contributed by atoms with Crippen molar-refractivity contribution in [3.8, 4) is 22.8 Å². The van der Waals surface area contributed by atoms with Crippen molar-refractivity contribution in [1.82, 2.24) is 14.8 Å². The number of rotatable bonds is 6. The molecule has 0 fully saturated rings. The standard InChI is InChI=1S/C26H27N3OS/c1-26(2,3)20-16-14-19(15-17-20)18-31-25-28-27-24(22-12-8-9-13-23(22)30-4)29(25)21-10-6-5-7-11-21/h5-17H,18H2,1-4H3. The van der Waals surface area contributed by atoms with Crippen molar-refractivity contribution in [2.75, 3.05) is 7.11 Å². The first-order valence-corrected chi connectivity index (χ1v) is 11.3. The Morgan fingerprint density at radius 2 is 1.52 bits per heavy atom. The van der Waals surface area contributed by atoms with Gasteiger partial charge in [0.2, 0.25) is 0 Å². The Balaban J connectivity index is 1.68. The van der Waals surface area contributed by atoms with Crippen LogP contribution in [0.4, 0.5) is 0 Å². The average molecular weight is 430 g/mol. The molecule has 0 N–H and O–H groups in total. The first-order chi connectivity index (χ1) is 15.0. The number of thioether (sulfide) groups is 1. The zero-order valence-corrected chi connectivity index (χ0v) is 19.2. The number of benzene rings is 3. The summed E-state index contributed by atoms with van der Waals surface area (Å²) in [6.45, 7) is 6.70. The van der Waals surface area contributed by atoms with Crippen LogP contribution in [0.2, 0.25) is 0 Å². The van der Waals surface area contributed by atoms with E-state index in [0.717, 1.165) is 33.7 Å². The van der Waals surface area contributed by atoms with Gasteiger partial charge < -0.3 is 4.74 Å². The quantitative estimate of drug-likeness (QED) is 0.327. The number of hydrogen-bond acceptors (Lipinski definition) is 4. The second-order valence-electron chi connectivity index (χ2n) is 8.41. The number of nitrogens with zero attached hydrogens (tertiary/aromatic N) is 3. The molecule has 0 unspecified atom stereocenters. The molecule has 0 atom stereocenters. The molecule has 0 aliphatic rings. The molecule has 1 aromatic heterocycles. The molecule has 4 aromatic rings. The second kappa shape index (κ2) is 8.98. The molecule has 5 heteroatoms. The van der Waals surface area contributed by atoms with Crippen molar-refractivity contribution < 1.29 is 4.74 Å². The smallest absolute Gasteiger partial charge is 0.196 e. The zero-order chi connectivity index (χ0) is 21.8. The predicted octanol–water partition coefficient (Wildman–Crippen LogP) is 6.53. The van der Waals surface area contributed by atoms with E-state index < -0.39 is 0 Å². The van der Waals surface area contributed by atoms with Gasteiger partial charge in [0.1, 0.15) is 5.75 Å². The number of ether oxygens (including phenoxy) is 1. The summed E-state index contributed by atoms with van der Waals surface area (Å²) in [5.41, 5.74) is 4.70. The van der Waals surface area contributed by atoms with Crippen LogP contribution in [0.15, 0.2) is 84.0 Å². The Labute approximate surface area is 188 Å². The van der Waals surface area contributed by atoms with E-state index in [0.29, 0.717) is 0 Å². The Kier molecular flexibility index (Phi) is 6.14. The molecule has 31 heavy (non-hydrogen) atoms. The van der Waals surface area contributed by atoms with E-state index in [1.807, 2.05) is 42.5 Å². The molecule has 0 saturated heterocycles. The predicted molar refractivity (Wildman–Crippen MR) is 128 cm³/mol. The molecule has 0 radical (unpaired) electrons. The monoisotopic (exact) mass is 429 g/mol. The van der Waals surface area contributed by atoms with Gasteiger partial charge in [-0.1, -0.05) is 87.1 Å². The molecule has 0 aliphatic heterocycles. The highest BCUT2D eigenvalue weighted by molar-refractivity contribution is 7.98. The van der Waals surface area contributed by atoms with Gasteiger partial charge in [-0.3, -0.25) is 4.57 Å². The van der Waals surface area contributed by atoms with Gasteiger partial charge in [-0.15, -0.1) is 10.2 Å². The van der Waals surface area contributed by atoms with E-state index in [4.69, 9.17) is 4.74 Å². The first-order valence-electron chi connectivity index (χ1n) is 10.3. The first kappa shape index (κ1) is 21.2. The van der Waals surface area contributed by atoms with Gasteiger partial charge in [-0.2, -0.15) is 0 Å². The van der Waals surface area contributed by atoms with E-state index in [1.165, 1.54) is 11.1 Å². The van der Waals surface area contributed by atoms with Gasteiger partial charge in [-0.25, -0.2) is 0 Å². The summed E-state index contributed by atoms with van der Waals surface area (Å²) < 4.78 is 7.68. The molecule has 4 rings (SSSR count). The molecule has 0 bridgehead atoms. The molecule has 0 aliphatic carbocycles. The van der Waals surface area contributed by atoms with Crippen LogP contribution in [0.5, 0.6) is 5.75 Å². The molecule has 0 saturated carbocycles. The van der Waals surface area contributed by atoms with Gasteiger partial charge in [0.15, 0.2) is 11.0 Å². The Morgan fingerprint density at radius 1 is 0.839 bits per heavy atom. The van der Waals surface area contributed by atoms with Crippen LogP contribution in [0, 0.1) is 0 Å². The summed E-state index contributed by atoms with van der Waals surface area (Å²) >= 11 is 1.69. The number of aromatic nitrogens is 3. The topological polar surface area (TPSA) is 39.9 Å². The lowest BCUT2D eigenvalue weighted by molar-refractivity contribution is 0.416. The van der Waals surface area contributed by atoms with E-state index >= 15 is 0 Å². The Morgan fingerprint density at radius 3 is 2.19 bits per heavy atom. The van der Waals surface area contributed by atoms with Crippen molar-refractivity contribution in [2.45, 2.75) is 37.1 Å². The largest absolute Gasteiger partial charge is 0.496 e. The van der Waals surface area contributed by atoms with Crippen LogP contribution in [0.1, 0.15) is 31.9 Å². The van der Waals surface area contributed by atoms with E-state index in [9.17, 15) is 0 Å². The van der Waals surface area contributed by atoms with Crippen LogP contribution in [0.25, 0.3) is 17.1 Å². The van der Waals surface area contributed by atoms with Gasteiger partial charge in [0.05, 0.1) is 12.7 Å². The van der Waals surface area contributed by atoms with Crippen molar-refractivity contribution in [1.29, 1.82) is 0 Å². The summed E-state index contributed by atoms with van der Waals surface area (Å²) in [7, 11) is 1.68. The molecule has 3 aromatic carbocycles. The second-order valence-corrected chi connectivity index (χ2v) is 9.36. The Hall–Kier alpha value is -3.05. The molecule has 158 valence electrons. The van der Waals surface area contributed by atoms with Crippen molar-refractivity contribution in [3.05, 3.63) is 90.0 Å². The highest BCUT2D eigenvalue weighted by Crippen LogP contribution is 2.34. The van der Waals surface area contributed by atoms with Crippen LogP contribution in [-0.2, 0) is 11.2 Å². The number of hydrogen-bond donors (Lipinski definition) is 0. The van der Waals surface area contributed by atoms with Crippen LogP contribution in [-0.4, -0.2) is 21.9 Å². The normalized spacial score (nSPS) is 11.5. The third kappa shape index (κ3) is 4.67. The van der Waals surface area contributed by atoms with E-state index in [-0.39, 0.29) is 5.41 Å². The molecular formula is C26H27N3OS. The highest BCUT2D eigenvalue weighted by Gasteiger charge is 2.19. The van der Waals surface area contributed by atoms with Gasteiger partial charge in [-0.05, 0) is 40.8 Å². The maximum atomic E-state index is 5.58. The lowest BCUT2D eigenvalue weighted by atomic mass is 9.87. The summed E-state index contributed by atoms with van der Waals surface area (Å²) in [4.78, 5) is 0. The van der Waals surface area contributed by atoms with E-state index in [2.05, 4.69) is 71.9 Å². The van der Waals surface area contributed by atoms with E-state index in [1.54, 1.807) is 18.9 Å². The Bertz CT molecular complexity index is 1150. The molecule has 0 amide bonds. The van der Waals surface area contributed by atoms with Gasteiger partial charge >= 0.3 is 0 Å². The third-order valence-corrected chi connectivity index (χ3v) is 6.18. The fraction of sp³-hybridized carbons (Fsp3) is 0.231.